The largest absolute Gasteiger partial charge is 0.481 e. The quantitative estimate of drug-likeness (QED) is 0.791. The zero-order valence-corrected chi connectivity index (χ0v) is 13.7. The van der Waals surface area contributed by atoms with Crippen LogP contribution in [0.2, 0.25) is 0 Å². The Bertz CT molecular complexity index is 576. The third kappa shape index (κ3) is 4.12. The molecule has 1 aromatic carbocycles. The molecule has 2 unspecified atom stereocenters. The third-order valence-electron chi connectivity index (χ3n) is 4.35. The molecule has 0 aliphatic heterocycles. The van der Waals surface area contributed by atoms with Gasteiger partial charge in [-0.3, -0.25) is 9.59 Å². The van der Waals surface area contributed by atoms with Crippen LogP contribution in [0.4, 0.5) is 11.4 Å². The van der Waals surface area contributed by atoms with Crippen LogP contribution < -0.4 is 10.2 Å². The molecule has 5 nitrogen and oxygen atoms in total. The summed E-state index contributed by atoms with van der Waals surface area (Å²) in [5, 5.41) is 12.1. The summed E-state index contributed by atoms with van der Waals surface area (Å²) in [4.78, 5) is 25.9. The summed E-state index contributed by atoms with van der Waals surface area (Å²) in [5.41, 5.74) is 1.81. The van der Waals surface area contributed by atoms with Gasteiger partial charge >= 0.3 is 5.97 Å². The molecule has 5 heteroatoms. The van der Waals surface area contributed by atoms with E-state index in [1.807, 2.05) is 36.4 Å². The van der Waals surface area contributed by atoms with Crippen LogP contribution in [0.15, 0.2) is 36.4 Å². The van der Waals surface area contributed by atoms with Crippen LogP contribution in [-0.2, 0) is 9.59 Å². The number of rotatable bonds is 6. The van der Waals surface area contributed by atoms with E-state index in [0.29, 0.717) is 18.5 Å². The van der Waals surface area contributed by atoms with Crippen molar-refractivity contribution in [1.29, 1.82) is 0 Å². The lowest BCUT2D eigenvalue weighted by Gasteiger charge is -2.24. The normalized spacial score (nSPS) is 20.1. The number of carboxylic acids is 1. The van der Waals surface area contributed by atoms with Crippen LogP contribution in [0.3, 0.4) is 0 Å². The lowest BCUT2D eigenvalue weighted by molar-refractivity contribution is -0.146. The number of carbonyl (C=O) groups excluding carboxylic acids is 1. The Morgan fingerprint density at radius 1 is 1.09 bits per heavy atom. The van der Waals surface area contributed by atoms with Crippen molar-refractivity contribution in [1.82, 2.24) is 0 Å². The maximum Gasteiger partial charge on any atom is 0.307 e. The fraction of sp³-hybridized carbons (Fsp3) is 0.444. The topological polar surface area (TPSA) is 69.6 Å². The van der Waals surface area contributed by atoms with Crippen LogP contribution in [0.1, 0.15) is 26.7 Å². The lowest BCUT2D eigenvalue weighted by atomic mass is 9.82. The first-order chi connectivity index (χ1) is 11.1. The molecule has 1 amide bonds. The molecule has 0 bridgehead atoms. The molecule has 124 valence electrons. The third-order valence-corrected chi connectivity index (χ3v) is 4.35. The van der Waals surface area contributed by atoms with Crippen molar-refractivity contribution in [3.05, 3.63) is 36.4 Å². The molecule has 0 radical (unpaired) electrons. The Hall–Kier alpha value is -2.30. The van der Waals surface area contributed by atoms with Crippen LogP contribution in [0, 0.1) is 11.8 Å². The van der Waals surface area contributed by atoms with E-state index in [-0.39, 0.29) is 5.91 Å². The van der Waals surface area contributed by atoms with Crippen LogP contribution in [0.5, 0.6) is 0 Å². The first-order valence-electron chi connectivity index (χ1n) is 8.10. The summed E-state index contributed by atoms with van der Waals surface area (Å²) in [6.07, 6.45) is 4.60. The molecular weight excluding hydrogens is 292 g/mol. The number of anilines is 2. The van der Waals surface area contributed by atoms with Gasteiger partial charge in [0.1, 0.15) is 0 Å². The second kappa shape index (κ2) is 7.81. The Kier molecular flexibility index (Phi) is 5.79. The van der Waals surface area contributed by atoms with Gasteiger partial charge in [0.25, 0.3) is 0 Å². The fourth-order valence-corrected chi connectivity index (χ4v) is 2.96. The molecule has 0 spiro atoms. The van der Waals surface area contributed by atoms with E-state index >= 15 is 0 Å². The molecule has 2 rings (SSSR count). The number of nitrogens with one attached hydrogen (secondary N) is 1. The highest BCUT2D eigenvalue weighted by Gasteiger charge is 2.33. The minimum Gasteiger partial charge on any atom is -0.481 e. The molecule has 0 saturated carbocycles. The Morgan fingerprint density at radius 3 is 2.17 bits per heavy atom. The van der Waals surface area contributed by atoms with Crippen molar-refractivity contribution in [2.75, 3.05) is 23.3 Å². The van der Waals surface area contributed by atoms with Crippen molar-refractivity contribution in [2.45, 2.75) is 26.7 Å². The van der Waals surface area contributed by atoms with Crippen LogP contribution in [-0.4, -0.2) is 30.1 Å². The number of hydrogen-bond acceptors (Lipinski definition) is 3. The molecule has 23 heavy (non-hydrogen) atoms. The number of nitrogens with zero attached hydrogens (tertiary/aromatic N) is 1. The number of amides is 1. The van der Waals surface area contributed by atoms with Crippen LogP contribution >= 0.6 is 0 Å². The molecule has 0 saturated heterocycles. The van der Waals surface area contributed by atoms with Gasteiger partial charge in [-0.05, 0) is 51.0 Å². The van der Waals surface area contributed by atoms with E-state index in [2.05, 4.69) is 24.1 Å². The smallest absolute Gasteiger partial charge is 0.307 e. The summed E-state index contributed by atoms with van der Waals surface area (Å²) in [5.74, 6) is -2.29. The van der Waals surface area contributed by atoms with Crippen LogP contribution in [0.25, 0.3) is 0 Å². The summed E-state index contributed by atoms with van der Waals surface area (Å²) >= 11 is 0. The predicted octanol–water partition coefficient (Wildman–Crippen LogP) is 3.14. The summed E-state index contributed by atoms with van der Waals surface area (Å²) < 4.78 is 0. The molecule has 0 fully saturated rings. The Labute approximate surface area is 137 Å². The molecule has 0 aromatic heterocycles. The van der Waals surface area contributed by atoms with E-state index in [4.69, 9.17) is 0 Å². The fourth-order valence-electron chi connectivity index (χ4n) is 2.96. The zero-order valence-electron chi connectivity index (χ0n) is 13.7. The summed E-state index contributed by atoms with van der Waals surface area (Å²) in [6.45, 7) is 6.05. The highest BCUT2D eigenvalue weighted by atomic mass is 16.4. The van der Waals surface area contributed by atoms with Gasteiger partial charge in [0.2, 0.25) is 5.91 Å². The number of carboxylic acid groups (broad SMARTS) is 1. The zero-order chi connectivity index (χ0) is 16.8. The lowest BCUT2D eigenvalue weighted by Crippen LogP contribution is -2.34. The van der Waals surface area contributed by atoms with Crippen molar-refractivity contribution in [3.8, 4) is 0 Å². The molecule has 2 atom stereocenters. The summed E-state index contributed by atoms with van der Waals surface area (Å²) in [6, 6.07) is 7.66. The average Bonchev–Trinajstić information content (AvgIpc) is 2.57. The van der Waals surface area contributed by atoms with E-state index < -0.39 is 17.8 Å². The van der Waals surface area contributed by atoms with E-state index in [9.17, 15) is 14.7 Å². The van der Waals surface area contributed by atoms with E-state index in [1.165, 1.54) is 0 Å². The molecule has 0 heterocycles. The maximum atomic E-state index is 12.4. The standard InChI is InChI=1S/C18H24N2O3/c1-3-20(4-2)14-11-9-13(10-12-14)19-17(21)15-7-5-6-8-16(15)18(22)23/h5-6,9-12,15-16H,3-4,7-8H2,1-2H3,(H,19,21)(H,22,23). The van der Waals surface area contributed by atoms with Crippen molar-refractivity contribution in [3.63, 3.8) is 0 Å². The van der Waals surface area contributed by atoms with Gasteiger partial charge in [0.05, 0.1) is 11.8 Å². The van der Waals surface area contributed by atoms with Gasteiger partial charge in [-0.25, -0.2) is 0 Å². The second-order valence-electron chi connectivity index (χ2n) is 5.70. The average molecular weight is 316 g/mol. The molecule has 1 aliphatic rings. The van der Waals surface area contributed by atoms with Gasteiger partial charge in [0.15, 0.2) is 0 Å². The Balaban J connectivity index is 2.05. The van der Waals surface area contributed by atoms with E-state index in [1.54, 1.807) is 0 Å². The number of allylic oxidation sites excluding steroid dienone is 2. The minimum absolute atomic E-state index is 0.225. The van der Waals surface area contributed by atoms with Crippen molar-refractivity contribution < 1.29 is 14.7 Å². The van der Waals surface area contributed by atoms with Gasteiger partial charge in [-0.2, -0.15) is 0 Å². The minimum atomic E-state index is -0.911. The monoisotopic (exact) mass is 316 g/mol. The molecule has 1 aromatic rings. The number of hydrogen-bond donors (Lipinski definition) is 2. The van der Waals surface area contributed by atoms with Gasteiger partial charge in [-0.1, -0.05) is 12.2 Å². The summed E-state index contributed by atoms with van der Waals surface area (Å²) in [7, 11) is 0. The SMILES string of the molecule is CCN(CC)c1ccc(NC(=O)C2CC=CCC2C(=O)O)cc1. The maximum absolute atomic E-state index is 12.4. The first-order valence-corrected chi connectivity index (χ1v) is 8.10. The number of carbonyl (C=O) groups is 2. The van der Waals surface area contributed by atoms with E-state index in [0.717, 1.165) is 18.8 Å². The number of benzene rings is 1. The van der Waals surface area contributed by atoms with Crippen molar-refractivity contribution >= 4 is 23.3 Å². The van der Waals surface area contributed by atoms with Gasteiger partial charge < -0.3 is 15.3 Å². The van der Waals surface area contributed by atoms with Crippen molar-refractivity contribution in [2.24, 2.45) is 11.8 Å². The van der Waals surface area contributed by atoms with Gasteiger partial charge in [0, 0.05) is 24.5 Å². The van der Waals surface area contributed by atoms with Gasteiger partial charge in [-0.15, -0.1) is 0 Å². The highest BCUT2D eigenvalue weighted by Crippen LogP contribution is 2.27. The highest BCUT2D eigenvalue weighted by molar-refractivity contribution is 5.95. The molecular formula is C18H24N2O3. The predicted molar refractivity (Wildman–Crippen MR) is 91.6 cm³/mol. The Morgan fingerprint density at radius 2 is 1.65 bits per heavy atom. The first kappa shape index (κ1) is 17.1. The molecule has 2 N–H and O–H groups in total. The molecule has 1 aliphatic carbocycles. The number of aliphatic carboxylic acids is 1. The second-order valence-corrected chi connectivity index (χ2v) is 5.70.